The van der Waals surface area contributed by atoms with Crippen molar-refractivity contribution in [2.75, 3.05) is 26.0 Å². The van der Waals surface area contributed by atoms with E-state index in [0.717, 1.165) is 25.8 Å². The molecule has 0 bridgehead atoms. The molecule has 0 amide bonds. The van der Waals surface area contributed by atoms with Gasteiger partial charge in [0.1, 0.15) is 0 Å². The second-order valence-corrected chi connectivity index (χ2v) is 6.04. The fourth-order valence-corrected chi connectivity index (χ4v) is 2.70. The molecule has 1 saturated heterocycles. The van der Waals surface area contributed by atoms with Gasteiger partial charge in [0.2, 0.25) is 0 Å². The summed E-state index contributed by atoms with van der Waals surface area (Å²) < 4.78 is 5.46. The van der Waals surface area contributed by atoms with Gasteiger partial charge in [-0.25, -0.2) is 0 Å². The van der Waals surface area contributed by atoms with Crippen molar-refractivity contribution in [3.63, 3.8) is 0 Å². The average Bonchev–Trinajstić information content (AvgIpc) is 3.12. The maximum Gasteiger partial charge on any atom is 0.0598 e. The molecule has 2 fully saturated rings. The zero-order valence-corrected chi connectivity index (χ0v) is 11.1. The third-order valence-electron chi connectivity index (χ3n) is 3.77. The minimum Gasteiger partial charge on any atom is -0.379 e. The van der Waals surface area contributed by atoms with Gasteiger partial charge in [-0.15, -0.1) is 11.8 Å². The first-order valence-electron chi connectivity index (χ1n) is 6.28. The topological polar surface area (TPSA) is 21.3 Å². The molecule has 0 aromatic heterocycles. The molecule has 0 atom stereocenters. The number of thioether (sulfide) groups is 1. The van der Waals surface area contributed by atoms with Crippen LogP contribution in [0, 0.1) is 0 Å². The molecule has 1 N–H and O–H groups in total. The van der Waals surface area contributed by atoms with Crippen molar-refractivity contribution in [1.29, 1.82) is 0 Å². The smallest absolute Gasteiger partial charge is 0.0598 e. The van der Waals surface area contributed by atoms with E-state index in [9.17, 15) is 0 Å². The van der Waals surface area contributed by atoms with Crippen molar-refractivity contribution in [3.8, 4) is 0 Å². The SMILES string of the molecule is CSc1ccc(C2(CNC3CC3)COC2)cc1. The summed E-state index contributed by atoms with van der Waals surface area (Å²) in [7, 11) is 0. The van der Waals surface area contributed by atoms with Gasteiger partial charge in [0.25, 0.3) is 0 Å². The molecule has 2 nitrogen and oxygen atoms in total. The van der Waals surface area contributed by atoms with E-state index in [0.29, 0.717) is 0 Å². The molecule has 1 aliphatic heterocycles. The number of benzene rings is 1. The Morgan fingerprint density at radius 3 is 2.47 bits per heavy atom. The van der Waals surface area contributed by atoms with Crippen molar-refractivity contribution in [3.05, 3.63) is 29.8 Å². The fourth-order valence-electron chi connectivity index (χ4n) is 2.29. The summed E-state index contributed by atoms with van der Waals surface area (Å²) in [6.45, 7) is 2.80. The second-order valence-electron chi connectivity index (χ2n) is 5.16. The lowest BCUT2D eigenvalue weighted by atomic mass is 9.78. The van der Waals surface area contributed by atoms with Crippen LogP contribution in [0.3, 0.4) is 0 Å². The van der Waals surface area contributed by atoms with Crippen molar-refractivity contribution in [1.82, 2.24) is 5.32 Å². The zero-order chi connectivity index (χ0) is 11.7. The Labute approximate surface area is 107 Å². The molecule has 1 heterocycles. The highest BCUT2D eigenvalue weighted by molar-refractivity contribution is 7.98. The first kappa shape index (κ1) is 11.6. The van der Waals surface area contributed by atoms with Crippen LogP contribution in [0.4, 0.5) is 0 Å². The highest BCUT2D eigenvalue weighted by atomic mass is 32.2. The molecule has 17 heavy (non-hydrogen) atoms. The van der Waals surface area contributed by atoms with Crippen LogP contribution >= 0.6 is 11.8 Å². The number of rotatable bonds is 5. The number of ether oxygens (including phenoxy) is 1. The lowest BCUT2D eigenvalue weighted by Crippen LogP contribution is -2.53. The van der Waals surface area contributed by atoms with Gasteiger partial charge in [0.05, 0.1) is 18.6 Å². The monoisotopic (exact) mass is 249 g/mol. The van der Waals surface area contributed by atoms with Crippen LogP contribution in [0.5, 0.6) is 0 Å². The van der Waals surface area contributed by atoms with E-state index >= 15 is 0 Å². The molecule has 1 aromatic rings. The highest BCUT2D eigenvalue weighted by Gasteiger charge is 2.41. The summed E-state index contributed by atoms with van der Waals surface area (Å²) in [5.41, 5.74) is 1.66. The van der Waals surface area contributed by atoms with Gasteiger partial charge in [-0.3, -0.25) is 0 Å². The zero-order valence-electron chi connectivity index (χ0n) is 10.2. The van der Waals surface area contributed by atoms with E-state index in [1.807, 2.05) is 0 Å². The second kappa shape index (κ2) is 4.63. The normalized spacial score (nSPS) is 22.2. The van der Waals surface area contributed by atoms with Gasteiger partial charge in [0, 0.05) is 17.5 Å². The Morgan fingerprint density at radius 1 is 1.29 bits per heavy atom. The summed E-state index contributed by atoms with van der Waals surface area (Å²) in [6.07, 6.45) is 4.82. The summed E-state index contributed by atoms with van der Waals surface area (Å²) in [6, 6.07) is 9.75. The van der Waals surface area contributed by atoms with Gasteiger partial charge in [0.15, 0.2) is 0 Å². The molecule has 2 aliphatic rings. The Balaban J connectivity index is 1.72. The lowest BCUT2D eigenvalue weighted by Gasteiger charge is -2.42. The number of hydrogen-bond donors (Lipinski definition) is 1. The summed E-state index contributed by atoms with van der Waals surface area (Å²) in [5.74, 6) is 0. The molecule has 3 heteroatoms. The minimum atomic E-state index is 0.236. The largest absolute Gasteiger partial charge is 0.379 e. The van der Waals surface area contributed by atoms with E-state index in [-0.39, 0.29) is 5.41 Å². The minimum absolute atomic E-state index is 0.236. The molecular formula is C14H19NOS. The van der Waals surface area contributed by atoms with Crippen LogP contribution < -0.4 is 5.32 Å². The van der Waals surface area contributed by atoms with E-state index in [1.54, 1.807) is 11.8 Å². The average molecular weight is 249 g/mol. The van der Waals surface area contributed by atoms with Crippen LogP contribution in [0.2, 0.25) is 0 Å². The predicted octanol–water partition coefficient (Wildman–Crippen LogP) is 2.43. The Kier molecular flexibility index (Phi) is 3.16. The lowest BCUT2D eigenvalue weighted by molar-refractivity contribution is -0.0591. The maximum absolute atomic E-state index is 5.46. The van der Waals surface area contributed by atoms with Crippen LogP contribution in [0.1, 0.15) is 18.4 Å². The molecule has 1 aromatic carbocycles. The van der Waals surface area contributed by atoms with Crippen LogP contribution in [0.15, 0.2) is 29.2 Å². The first-order chi connectivity index (χ1) is 8.32. The van der Waals surface area contributed by atoms with Crippen molar-refractivity contribution < 1.29 is 4.74 Å². The summed E-state index contributed by atoms with van der Waals surface area (Å²) in [5, 5.41) is 3.64. The van der Waals surface area contributed by atoms with Crippen LogP contribution in [-0.2, 0) is 10.2 Å². The van der Waals surface area contributed by atoms with Gasteiger partial charge < -0.3 is 10.1 Å². The molecular weight excluding hydrogens is 230 g/mol. The third kappa shape index (κ3) is 2.37. The fraction of sp³-hybridized carbons (Fsp3) is 0.571. The quantitative estimate of drug-likeness (QED) is 0.810. The van der Waals surface area contributed by atoms with E-state index in [4.69, 9.17) is 4.74 Å². The molecule has 92 valence electrons. The van der Waals surface area contributed by atoms with Crippen molar-refractivity contribution in [2.45, 2.75) is 29.2 Å². The predicted molar refractivity (Wildman–Crippen MR) is 71.7 cm³/mol. The summed E-state index contributed by atoms with van der Waals surface area (Å²) in [4.78, 5) is 1.33. The van der Waals surface area contributed by atoms with Gasteiger partial charge in [-0.05, 0) is 36.8 Å². The van der Waals surface area contributed by atoms with Gasteiger partial charge >= 0.3 is 0 Å². The van der Waals surface area contributed by atoms with Crippen LogP contribution in [-0.4, -0.2) is 32.1 Å². The Bertz CT molecular complexity index is 382. The third-order valence-corrected chi connectivity index (χ3v) is 4.51. The molecule has 1 saturated carbocycles. The van der Waals surface area contributed by atoms with E-state index in [2.05, 4.69) is 35.8 Å². The number of nitrogens with one attached hydrogen (secondary N) is 1. The highest BCUT2D eigenvalue weighted by Crippen LogP contribution is 2.34. The summed E-state index contributed by atoms with van der Waals surface area (Å²) >= 11 is 1.80. The van der Waals surface area contributed by atoms with Gasteiger partial charge in [-0.1, -0.05) is 12.1 Å². The molecule has 0 unspecified atom stereocenters. The first-order valence-corrected chi connectivity index (χ1v) is 7.51. The number of hydrogen-bond acceptors (Lipinski definition) is 3. The van der Waals surface area contributed by atoms with Crippen molar-refractivity contribution >= 4 is 11.8 Å². The van der Waals surface area contributed by atoms with Gasteiger partial charge in [-0.2, -0.15) is 0 Å². The molecule has 0 spiro atoms. The van der Waals surface area contributed by atoms with E-state index in [1.165, 1.54) is 23.3 Å². The Hall–Kier alpha value is -0.510. The molecule has 0 radical (unpaired) electrons. The molecule has 1 aliphatic carbocycles. The Morgan fingerprint density at radius 2 is 2.00 bits per heavy atom. The van der Waals surface area contributed by atoms with Crippen LogP contribution in [0.25, 0.3) is 0 Å². The van der Waals surface area contributed by atoms with Crippen molar-refractivity contribution in [2.24, 2.45) is 0 Å². The standard InChI is InChI=1S/C14H19NOS/c1-17-13-6-2-11(3-7-13)14(9-16-10-14)8-15-12-4-5-12/h2-3,6-7,12,15H,4-5,8-10H2,1H3. The maximum atomic E-state index is 5.46. The van der Waals surface area contributed by atoms with E-state index < -0.39 is 0 Å². The molecule has 3 rings (SSSR count).